The van der Waals surface area contributed by atoms with Gasteiger partial charge in [0.15, 0.2) is 5.58 Å². The van der Waals surface area contributed by atoms with Crippen LogP contribution in [0.5, 0.6) is 0 Å². The molecule has 0 aliphatic heterocycles. The van der Waals surface area contributed by atoms with E-state index >= 15 is 0 Å². The van der Waals surface area contributed by atoms with Crippen molar-refractivity contribution in [2.24, 2.45) is 0 Å². The number of nitrogens with zero attached hydrogens (tertiary/aromatic N) is 1. The molecule has 0 saturated heterocycles. The van der Waals surface area contributed by atoms with E-state index in [2.05, 4.69) is 4.98 Å². The summed E-state index contributed by atoms with van der Waals surface area (Å²) < 4.78 is 10.3. The lowest BCUT2D eigenvalue weighted by Gasteiger charge is -2.05. The normalized spacial score (nSPS) is 12.3. The van der Waals surface area contributed by atoms with Gasteiger partial charge in [0.05, 0.1) is 12.2 Å². The molecule has 0 bridgehead atoms. The Morgan fingerprint density at radius 2 is 2.21 bits per heavy atom. The van der Waals surface area contributed by atoms with Gasteiger partial charge in [0, 0.05) is 0 Å². The zero-order chi connectivity index (χ0) is 14.0. The van der Waals surface area contributed by atoms with E-state index in [9.17, 15) is 9.59 Å². The zero-order valence-electron chi connectivity index (χ0n) is 10.5. The maximum atomic E-state index is 11.6. The van der Waals surface area contributed by atoms with Crippen LogP contribution in [-0.2, 0) is 9.53 Å². The maximum Gasteiger partial charge on any atom is 0.335 e. The van der Waals surface area contributed by atoms with Crippen molar-refractivity contribution in [3.8, 4) is 0 Å². The zero-order valence-corrected chi connectivity index (χ0v) is 10.5. The number of rotatable bonds is 4. The SMILES string of the molecule is CCOC(=O)C(C)c1nc2cc(C(=O)O)ccc2o1. The van der Waals surface area contributed by atoms with E-state index in [1.165, 1.54) is 18.2 Å². The quantitative estimate of drug-likeness (QED) is 0.850. The Kier molecular flexibility index (Phi) is 3.50. The Balaban J connectivity index is 2.36. The smallest absolute Gasteiger partial charge is 0.335 e. The minimum absolute atomic E-state index is 0.121. The number of fused-ring (bicyclic) bond motifs is 1. The van der Waals surface area contributed by atoms with Gasteiger partial charge in [-0.2, -0.15) is 0 Å². The first-order valence-corrected chi connectivity index (χ1v) is 5.83. The monoisotopic (exact) mass is 263 g/mol. The number of carboxylic acid groups (broad SMARTS) is 1. The fourth-order valence-corrected chi connectivity index (χ4v) is 1.63. The largest absolute Gasteiger partial charge is 0.478 e. The number of hydrogen-bond acceptors (Lipinski definition) is 5. The van der Waals surface area contributed by atoms with Crippen molar-refractivity contribution in [1.29, 1.82) is 0 Å². The minimum atomic E-state index is -1.04. The Labute approximate surface area is 109 Å². The number of esters is 1. The van der Waals surface area contributed by atoms with Crippen LogP contribution in [0, 0.1) is 0 Å². The van der Waals surface area contributed by atoms with Crippen molar-refractivity contribution in [2.75, 3.05) is 6.61 Å². The molecule has 0 aliphatic rings. The van der Waals surface area contributed by atoms with Gasteiger partial charge in [-0.05, 0) is 32.0 Å². The number of aromatic carboxylic acids is 1. The van der Waals surface area contributed by atoms with Gasteiger partial charge in [0.1, 0.15) is 11.4 Å². The molecule has 0 amide bonds. The van der Waals surface area contributed by atoms with Crippen LogP contribution in [-0.4, -0.2) is 28.6 Å². The molecule has 1 unspecified atom stereocenters. The molecular weight excluding hydrogens is 250 g/mol. The molecule has 6 nitrogen and oxygen atoms in total. The first-order chi connectivity index (χ1) is 9.02. The molecule has 2 rings (SSSR count). The van der Waals surface area contributed by atoms with Gasteiger partial charge >= 0.3 is 11.9 Å². The van der Waals surface area contributed by atoms with Crippen LogP contribution in [0.3, 0.4) is 0 Å². The van der Waals surface area contributed by atoms with Gasteiger partial charge in [-0.3, -0.25) is 4.79 Å². The predicted molar refractivity (Wildman–Crippen MR) is 66.0 cm³/mol. The number of carbonyl (C=O) groups excluding carboxylic acids is 1. The average molecular weight is 263 g/mol. The standard InChI is InChI=1S/C13H13NO5/c1-3-18-13(17)7(2)11-14-9-6-8(12(15)16)4-5-10(9)19-11/h4-7H,3H2,1-2H3,(H,15,16). The number of carboxylic acids is 1. The lowest BCUT2D eigenvalue weighted by atomic mass is 10.2. The van der Waals surface area contributed by atoms with Gasteiger partial charge in [-0.15, -0.1) is 0 Å². The summed E-state index contributed by atoms with van der Waals surface area (Å²) in [5.74, 6) is -1.87. The van der Waals surface area contributed by atoms with Crippen molar-refractivity contribution in [1.82, 2.24) is 4.98 Å². The first-order valence-electron chi connectivity index (χ1n) is 5.83. The highest BCUT2D eigenvalue weighted by Gasteiger charge is 2.22. The fourth-order valence-electron chi connectivity index (χ4n) is 1.63. The van der Waals surface area contributed by atoms with E-state index < -0.39 is 17.9 Å². The van der Waals surface area contributed by atoms with Crippen LogP contribution in [0.4, 0.5) is 0 Å². The molecule has 6 heteroatoms. The summed E-state index contributed by atoms with van der Waals surface area (Å²) in [6.45, 7) is 3.63. The van der Waals surface area contributed by atoms with Crippen molar-refractivity contribution in [3.05, 3.63) is 29.7 Å². The van der Waals surface area contributed by atoms with E-state index in [-0.39, 0.29) is 18.1 Å². The van der Waals surface area contributed by atoms with E-state index in [4.69, 9.17) is 14.3 Å². The Morgan fingerprint density at radius 1 is 1.47 bits per heavy atom. The van der Waals surface area contributed by atoms with E-state index in [0.717, 1.165) is 0 Å². The van der Waals surface area contributed by atoms with Crippen molar-refractivity contribution in [3.63, 3.8) is 0 Å². The number of ether oxygens (including phenoxy) is 1. The second-order valence-electron chi connectivity index (χ2n) is 4.01. The van der Waals surface area contributed by atoms with Crippen LogP contribution in [0.1, 0.15) is 36.0 Å². The second kappa shape index (κ2) is 5.09. The highest BCUT2D eigenvalue weighted by atomic mass is 16.5. The van der Waals surface area contributed by atoms with Crippen LogP contribution >= 0.6 is 0 Å². The Bertz CT molecular complexity index is 631. The molecule has 0 radical (unpaired) electrons. The van der Waals surface area contributed by atoms with Crippen LogP contribution in [0.25, 0.3) is 11.1 Å². The van der Waals surface area contributed by atoms with Crippen LogP contribution in [0.15, 0.2) is 22.6 Å². The number of carbonyl (C=O) groups is 2. The van der Waals surface area contributed by atoms with Crippen molar-refractivity contribution < 1.29 is 23.8 Å². The summed E-state index contributed by atoms with van der Waals surface area (Å²) in [7, 11) is 0. The minimum Gasteiger partial charge on any atom is -0.478 e. The average Bonchev–Trinajstić information content (AvgIpc) is 2.80. The Hall–Kier alpha value is -2.37. The highest BCUT2D eigenvalue weighted by molar-refractivity contribution is 5.92. The lowest BCUT2D eigenvalue weighted by molar-refractivity contribution is -0.145. The van der Waals surface area contributed by atoms with Gasteiger partial charge in [-0.25, -0.2) is 9.78 Å². The van der Waals surface area contributed by atoms with Crippen LogP contribution < -0.4 is 0 Å². The van der Waals surface area contributed by atoms with Gasteiger partial charge in [0.25, 0.3) is 0 Å². The molecule has 1 aromatic heterocycles. The Morgan fingerprint density at radius 3 is 2.84 bits per heavy atom. The predicted octanol–water partition coefficient (Wildman–Crippen LogP) is 2.19. The summed E-state index contributed by atoms with van der Waals surface area (Å²) >= 11 is 0. The third-order valence-electron chi connectivity index (χ3n) is 2.66. The van der Waals surface area contributed by atoms with Gasteiger partial charge in [-0.1, -0.05) is 0 Å². The summed E-state index contributed by atoms with van der Waals surface area (Å²) in [5, 5.41) is 8.89. The topological polar surface area (TPSA) is 89.6 Å². The van der Waals surface area contributed by atoms with E-state index in [1.807, 2.05) is 0 Å². The lowest BCUT2D eigenvalue weighted by Crippen LogP contribution is -2.13. The second-order valence-corrected chi connectivity index (χ2v) is 4.01. The molecule has 0 fully saturated rings. The molecule has 1 aromatic carbocycles. The number of oxazole rings is 1. The maximum absolute atomic E-state index is 11.6. The summed E-state index contributed by atoms with van der Waals surface area (Å²) in [5.41, 5.74) is 0.971. The molecule has 1 atom stereocenters. The number of benzene rings is 1. The molecule has 1 heterocycles. The molecule has 0 spiro atoms. The third-order valence-corrected chi connectivity index (χ3v) is 2.66. The fraction of sp³-hybridized carbons (Fsp3) is 0.308. The first kappa shape index (κ1) is 13.1. The third kappa shape index (κ3) is 2.57. The highest BCUT2D eigenvalue weighted by Crippen LogP contribution is 2.23. The van der Waals surface area contributed by atoms with E-state index in [1.54, 1.807) is 13.8 Å². The molecule has 2 aromatic rings. The molecule has 1 N–H and O–H groups in total. The number of hydrogen-bond donors (Lipinski definition) is 1. The summed E-state index contributed by atoms with van der Waals surface area (Å²) in [4.78, 5) is 26.6. The molecular formula is C13H13NO5. The van der Waals surface area contributed by atoms with Gasteiger partial charge in [0.2, 0.25) is 5.89 Å². The van der Waals surface area contributed by atoms with Crippen LogP contribution in [0.2, 0.25) is 0 Å². The molecule has 0 aliphatic carbocycles. The molecule has 0 saturated carbocycles. The van der Waals surface area contributed by atoms with Crippen molar-refractivity contribution >= 4 is 23.0 Å². The molecule has 100 valence electrons. The summed E-state index contributed by atoms with van der Waals surface area (Å²) in [6.07, 6.45) is 0. The number of aromatic nitrogens is 1. The molecule has 19 heavy (non-hydrogen) atoms. The van der Waals surface area contributed by atoms with Gasteiger partial charge < -0.3 is 14.3 Å². The van der Waals surface area contributed by atoms with E-state index in [0.29, 0.717) is 11.1 Å². The van der Waals surface area contributed by atoms with Crippen molar-refractivity contribution in [2.45, 2.75) is 19.8 Å². The summed E-state index contributed by atoms with van der Waals surface area (Å²) in [6, 6.07) is 4.35.